The topological polar surface area (TPSA) is 61.4 Å². The van der Waals surface area contributed by atoms with Gasteiger partial charge in [0.05, 0.1) is 12.1 Å². The van der Waals surface area contributed by atoms with Gasteiger partial charge in [-0.1, -0.05) is 43.2 Å². The molecule has 0 unspecified atom stereocenters. The average Bonchev–Trinajstić information content (AvgIpc) is 2.86. The Morgan fingerprint density at radius 1 is 1.09 bits per heavy atom. The third kappa shape index (κ3) is 4.03. The Bertz CT molecular complexity index is 538. The van der Waals surface area contributed by atoms with E-state index in [1.807, 2.05) is 35.2 Å². The Morgan fingerprint density at radius 2 is 1.78 bits per heavy atom. The van der Waals surface area contributed by atoms with Gasteiger partial charge in [-0.2, -0.15) is 0 Å². The van der Waals surface area contributed by atoms with E-state index >= 15 is 0 Å². The highest BCUT2D eigenvalue weighted by molar-refractivity contribution is 5.79. The van der Waals surface area contributed by atoms with Gasteiger partial charge in [0.15, 0.2) is 0 Å². The van der Waals surface area contributed by atoms with Crippen molar-refractivity contribution in [1.29, 1.82) is 0 Å². The molecular formula is C18H25N3O2. The molecule has 0 aromatic heterocycles. The summed E-state index contributed by atoms with van der Waals surface area (Å²) in [5.74, 6) is 0.0547. The third-order valence-corrected chi connectivity index (χ3v) is 4.76. The summed E-state index contributed by atoms with van der Waals surface area (Å²) in [6.07, 6.45) is 5.72. The fourth-order valence-electron chi connectivity index (χ4n) is 3.45. The van der Waals surface area contributed by atoms with Crippen molar-refractivity contribution < 1.29 is 9.59 Å². The van der Waals surface area contributed by atoms with Crippen molar-refractivity contribution >= 4 is 11.9 Å². The van der Waals surface area contributed by atoms with Crippen LogP contribution in [0.3, 0.4) is 0 Å². The fraction of sp³-hybridized carbons (Fsp3) is 0.556. The van der Waals surface area contributed by atoms with E-state index in [1.54, 1.807) is 0 Å². The molecule has 2 fully saturated rings. The largest absolute Gasteiger partial charge is 0.347 e. The smallest absolute Gasteiger partial charge is 0.317 e. The lowest BCUT2D eigenvalue weighted by Crippen LogP contribution is -2.53. The Balaban J connectivity index is 1.68. The summed E-state index contributed by atoms with van der Waals surface area (Å²) in [5, 5.41) is 6.19. The third-order valence-electron chi connectivity index (χ3n) is 4.76. The van der Waals surface area contributed by atoms with E-state index in [-0.39, 0.29) is 24.0 Å². The molecule has 0 spiro atoms. The number of carbonyl (C=O) groups is 2. The number of carbonyl (C=O) groups excluding carboxylic acids is 2. The second-order valence-corrected chi connectivity index (χ2v) is 6.45. The summed E-state index contributed by atoms with van der Waals surface area (Å²) in [6, 6.07) is 9.70. The molecule has 1 aromatic carbocycles. The molecule has 1 aromatic rings. The highest BCUT2D eigenvalue weighted by Gasteiger charge is 2.32. The fourth-order valence-corrected chi connectivity index (χ4v) is 3.45. The number of nitrogens with zero attached hydrogens (tertiary/aromatic N) is 1. The second kappa shape index (κ2) is 7.49. The Hall–Kier alpha value is -2.04. The summed E-state index contributed by atoms with van der Waals surface area (Å²) in [4.78, 5) is 26.3. The molecule has 2 aliphatic heterocycles. The van der Waals surface area contributed by atoms with Gasteiger partial charge in [0.2, 0.25) is 5.91 Å². The molecule has 0 radical (unpaired) electrons. The van der Waals surface area contributed by atoms with E-state index in [4.69, 9.17) is 0 Å². The normalized spacial score (nSPS) is 25.4. The van der Waals surface area contributed by atoms with Crippen molar-refractivity contribution in [2.45, 2.75) is 50.6 Å². The molecule has 2 atom stereocenters. The van der Waals surface area contributed by atoms with Crippen molar-refractivity contribution in [1.82, 2.24) is 15.5 Å². The first-order chi connectivity index (χ1) is 11.2. The number of urea groups is 1. The van der Waals surface area contributed by atoms with Gasteiger partial charge in [-0.3, -0.25) is 4.79 Å². The lowest BCUT2D eigenvalue weighted by atomic mass is 9.92. The quantitative estimate of drug-likeness (QED) is 0.881. The van der Waals surface area contributed by atoms with Gasteiger partial charge in [-0.25, -0.2) is 4.79 Å². The van der Waals surface area contributed by atoms with Crippen LogP contribution in [0.2, 0.25) is 0 Å². The Labute approximate surface area is 137 Å². The number of hydrogen-bond acceptors (Lipinski definition) is 2. The minimum atomic E-state index is -0.145. The van der Waals surface area contributed by atoms with E-state index < -0.39 is 0 Å². The molecule has 2 heterocycles. The minimum Gasteiger partial charge on any atom is -0.347 e. The summed E-state index contributed by atoms with van der Waals surface area (Å²) >= 11 is 0. The zero-order chi connectivity index (χ0) is 16.1. The maximum atomic E-state index is 12.6. The van der Waals surface area contributed by atoms with Gasteiger partial charge in [0.1, 0.15) is 0 Å². The van der Waals surface area contributed by atoms with Gasteiger partial charge >= 0.3 is 6.03 Å². The molecule has 0 saturated carbocycles. The molecule has 124 valence electrons. The SMILES string of the molecule is O=C1CC[C@@H](NC(=O)N2CCCCCC2)[C@H](c2ccccc2)N1. The lowest BCUT2D eigenvalue weighted by Gasteiger charge is -2.34. The number of nitrogens with one attached hydrogen (secondary N) is 2. The van der Waals surface area contributed by atoms with Crippen LogP contribution in [-0.4, -0.2) is 36.0 Å². The number of benzene rings is 1. The van der Waals surface area contributed by atoms with Gasteiger partial charge in [-0.15, -0.1) is 0 Å². The molecule has 0 bridgehead atoms. The summed E-state index contributed by atoms with van der Waals surface area (Å²) in [7, 11) is 0. The van der Waals surface area contributed by atoms with Crippen molar-refractivity contribution in [3.05, 3.63) is 35.9 Å². The van der Waals surface area contributed by atoms with E-state index in [9.17, 15) is 9.59 Å². The van der Waals surface area contributed by atoms with E-state index in [0.29, 0.717) is 12.8 Å². The van der Waals surface area contributed by atoms with E-state index in [2.05, 4.69) is 10.6 Å². The molecule has 3 amide bonds. The summed E-state index contributed by atoms with van der Waals surface area (Å²) in [6.45, 7) is 1.67. The number of hydrogen-bond donors (Lipinski definition) is 2. The maximum Gasteiger partial charge on any atom is 0.317 e. The first kappa shape index (κ1) is 15.8. The van der Waals surface area contributed by atoms with Crippen LogP contribution in [0.4, 0.5) is 4.79 Å². The molecule has 2 saturated heterocycles. The van der Waals surface area contributed by atoms with Crippen LogP contribution in [0.25, 0.3) is 0 Å². The Morgan fingerprint density at radius 3 is 2.48 bits per heavy atom. The van der Waals surface area contributed by atoms with Gasteiger partial charge < -0.3 is 15.5 Å². The van der Waals surface area contributed by atoms with Crippen molar-refractivity contribution in [2.24, 2.45) is 0 Å². The molecule has 2 N–H and O–H groups in total. The number of piperidine rings is 1. The van der Waals surface area contributed by atoms with Crippen molar-refractivity contribution in [3.8, 4) is 0 Å². The van der Waals surface area contributed by atoms with Crippen LogP contribution in [0.1, 0.15) is 50.1 Å². The van der Waals surface area contributed by atoms with Gasteiger partial charge in [0.25, 0.3) is 0 Å². The van der Waals surface area contributed by atoms with E-state index in [0.717, 1.165) is 31.5 Å². The number of likely N-dealkylation sites (tertiary alicyclic amines) is 1. The average molecular weight is 315 g/mol. The minimum absolute atomic E-state index is 0.00831. The van der Waals surface area contributed by atoms with Crippen LogP contribution in [0.5, 0.6) is 0 Å². The molecule has 5 heteroatoms. The first-order valence-corrected chi connectivity index (χ1v) is 8.64. The summed E-state index contributed by atoms with van der Waals surface area (Å²) < 4.78 is 0. The van der Waals surface area contributed by atoms with Crippen LogP contribution in [-0.2, 0) is 4.79 Å². The zero-order valence-corrected chi connectivity index (χ0v) is 13.5. The van der Waals surface area contributed by atoms with Crippen LogP contribution in [0.15, 0.2) is 30.3 Å². The maximum absolute atomic E-state index is 12.6. The predicted molar refractivity (Wildman–Crippen MR) is 88.9 cm³/mol. The van der Waals surface area contributed by atoms with E-state index in [1.165, 1.54) is 12.8 Å². The van der Waals surface area contributed by atoms with Gasteiger partial charge in [0, 0.05) is 19.5 Å². The molecular weight excluding hydrogens is 290 g/mol. The second-order valence-electron chi connectivity index (χ2n) is 6.45. The molecule has 2 aliphatic rings. The van der Waals surface area contributed by atoms with Crippen molar-refractivity contribution in [3.63, 3.8) is 0 Å². The van der Waals surface area contributed by atoms with Gasteiger partial charge in [-0.05, 0) is 24.8 Å². The molecule has 5 nitrogen and oxygen atoms in total. The lowest BCUT2D eigenvalue weighted by molar-refractivity contribution is -0.123. The van der Waals surface area contributed by atoms with Crippen LogP contribution in [0, 0.1) is 0 Å². The highest BCUT2D eigenvalue weighted by Crippen LogP contribution is 2.24. The molecule has 0 aliphatic carbocycles. The first-order valence-electron chi connectivity index (χ1n) is 8.64. The van der Waals surface area contributed by atoms with Crippen LogP contribution < -0.4 is 10.6 Å². The molecule has 23 heavy (non-hydrogen) atoms. The highest BCUT2D eigenvalue weighted by atomic mass is 16.2. The monoisotopic (exact) mass is 315 g/mol. The predicted octanol–water partition coefficient (Wildman–Crippen LogP) is 2.59. The standard InChI is InChI=1S/C18H25N3O2/c22-16-11-10-15(17(20-16)14-8-4-3-5-9-14)19-18(23)21-12-6-1-2-7-13-21/h3-5,8-9,15,17H,1-2,6-7,10-13H2,(H,19,23)(H,20,22)/t15-,17+/m1/s1. The number of rotatable bonds is 2. The summed E-state index contributed by atoms with van der Waals surface area (Å²) in [5.41, 5.74) is 1.04. The van der Waals surface area contributed by atoms with Crippen molar-refractivity contribution in [2.75, 3.05) is 13.1 Å². The zero-order valence-electron chi connectivity index (χ0n) is 13.5. The Kier molecular flexibility index (Phi) is 5.16. The molecule has 3 rings (SSSR count). The number of amides is 3. The van der Waals surface area contributed by atoms with Crippen LogP contribution >= 0.6 is 0 Å².